The molecule has 1 amide bonds. The van der Waals surface area contributed by atoms with Gasteiger partial charge in [-0.15, -0.1) is 11.3 Å². The quantitative estimate of drug-likeness (QED) is 0.395. The van der Waals surface area contributed by atoms with Crippen LogP contribution in [0.1, 0.15) is 66.3 Å². The van der Waals surface area contributed by atoms with Gasteiger partial charge in [0, 0.05) is 10.4 Å². The van der Waals surface area contributed by atoms with E-state index in [2.05, 4.69) is 31.4 Å². The summed E-state index contributed by atoms with van der Waals surface area (Å²) < 4.78 is 6.07. The maximum Gasteiger partial charge on any atom is 0.256 e. The first-order valence-corrected chi connectivity index (χ1v) is 12.6. The van der Waals surface area contributed by atoms with E-state index in [1.165, 1.54) is 16.9 Å². The minimum absolute atomic E-state index is 0.0260. The SMILES string of the molecule is CCC(C)(C)[C@H]1CCc2c(sc3c2C(=O)N[C@H](c2ccc(-c4ccc(Cl)c(Cl)c4)o2)N3)C1. The standard InChI is InChI=1S/C25H26Cl2N2O2S/c1-4-25(2,3)14-6-7-15-20(12-14)32-24-21(15)23(30)28-22(29-24)19-10-9-18(31-19)13-5-8-16(26)17(27)11-13/h5,8-11,14,22,29H,4,6-7,12H2,1-3H3,(H,28,30)/t14-,22-/m0/s1. The van der Waals surface area contributed by atoms with Crippen molar-refractivity contribution < 1.29 is 9.21 Å². The van der Waals surface area contributed by atoms with Gasteiger partial charge >= 0.3 is 0 Å². The molecule has 3 aromatic rings. The Bertz CT molecular complexity index is 1200. The maximum absolute atomic E-state index is 13.1. The Balaban J connectivity index is 1.40. The Morgan fingerprint density at radius 3 is 2.72 bits per heavy atom. The summed E-state index contributed by atoms with van der Waals surface area (Å²) in [7, 11) is 0. The van der Waals surface area contributed by atoms with E-state index in [1.54, 1.807) is 23.5 Å². The zero-order valence-electron chi connectivity index (χ0n) is 18.4. The molecule has 5 rings (SSSR count). The van der Waals surface area contributed by atoms with Crippen LogP contribution in [0, 0.1) is 11.3 Å². The second kappa shape index (κ2) is 8.12. The smallest absolute Gasteiger partial charge is 0.256 e. The Morgan fingerprint density at radius 1 is 1.16 bits per heavy atom. The van der Waals surface area contributed by atoms with Crippen molar-refractivity contribution in [2.24, 2.45) is 11.3 Å². The van der Waals surface area contributed by atoms with Crippen LogP contribution in [-0.2, 0) is 12.8 Å². The zero-order valence-corrected chi connectivity index (χ0v) is 20.7. The third-order valence-electron chi connectivity index (χ3n) is 7.18. The number of nitrogens with one attached hydrogen (secondary N) is 2. The highest BCUT2D eigenvalue weighted by molar-refractivity contribution is 7.16. The van der Waals surface area contributed by atoms with Gasteiger partial charge in [0.05, 0.1) is 15.6 Å². The molecule has 2 aliphatic rings. The molecule has 2 N–H and O–H groups in total. The zero-order chi connectivity index (χ0) is 22.6. The first kappa shape index (κ1) is 21.9. The molecule has 0 unspecified atom stereocenters. The molecular formula is C25H26Cl2N2O2S. The molecule has 0 saturated carbocycles. The molecule has 32 heavy (non-hydrogen) atoms. The maximum atomic E-state index is 13.1. The number of benzene rings is 1. The minimum atomic E-state index is -0.408. The van der Waals surface area contributed by atoms with Crippen LogP contribution in [0.2, 0.25) is 10.0 Å². The Morgan fingerprint density at radius 2 is 1.97 bits per heavy atom. The van der Waals surface area contributed by atoms with Crippen LogP contribution in [0.4, 0.5) is 5.00 Å². The first-order valence-electron chi connectivity index (χ1n) is 11.0. The molecule has 1 aliphatic heterocycles. The number of hydrogen-bond acceptors (Lipinski definition) is 4. The van der Waals surface area contributed by atoms with Gasteiger partial charge < -0.3 is 15.1 Å². The molecule has 168 valence electrons. The van der Waals surface area contributed by atoms with Crippen LogP contribution < -0.4 is 10.6 Å². The van der Waals surface area contributed by atoms with Crippen LogP contribution in [0.15, 0.2) is 34.7 Å². The highest BCUT2D eigenvalue weighted by Gasteiger charge is 2.37. The van der Waals surface area contributed by atoms with E-state index >= 15 is 0 Å². The van der Waals surface area contributed by atoms with E-state index in [0.717, 1.165) is 35.4 Å². The molecular weight excluding hydrogens is 463 g/mol. The van der Waals surface area contributed by atoms with Crippen LogP contribution in [-0.4, -0.2) is 5.91 Å². The lowest BCUT2D eigenvalue weighted by Gasteiger charge is -2.36. The van der Waals surface area contributed by atoms with Gasteiger partial charge in [0.2, 0.25) is 0 Å². The van der Waals surface area contributed by atoms with Gasteiger partial charge in [0.25, 0.3) is 5.91 Å². The lowest BCUT2D eigenvalue weighted by molar-refractivity contribution is 0.0930. The summed E-state index contributed by atoms with van der Waals surface area (Å²) in [5.74, 6) is 1.96. The number of rotatable bonds is 4. The van der Waals surface area contributed by atoms with E-state index in [1.807, 2.05) is 18.2 Å². The number of halogens is 2. The second-order valence-corrected chi connectivity index (χ2v) is 11.3. The van der Waals surface area contributed by atoms with Crippen LogP contribution in [0.3, 0.4) is 0 Å². The minimum Gasteiger partial charge on any atom is -0.457 e. The number of carbonyl (C=O) groups is 1. The fourth-order valence-corrected chi connectivity index (χ4v) is 6.36. The predicted molar refractivity (Wildman–Crippen MR) is 132 cm³/mol. The Hall–Kier alpha value is -1.95. The summed E-state index contributed by atoms with van der Waals surface area (Å²) in [5.41, 5.74) is 3.21. The van der Waals surface area contributed by atoms with Crippen molar-refractivity contribution in [1.29, 1.82) is 0 Å². The van der Waals surface area contributed by atoms with E-state index in [0.29, 0.717) is 32.9 Å². The molecule has 1 aliphatic carbocycles. The topological polar surface area (TPSA) is 54.3 Å². The number of anilines is 1. The lowest BCUT2D eigenvalue weighted by atomic mass is 9.69. The number of amides is 1. The number of carbonyl (C=O) groups excluding carboxylic acids is 1. The number of furan rings is 1. The van der Waals surface area contributed by atoms with Crippen molar-refractivity contribution >= 4 is 45.4 Å². The highest BCUT2D eigenvalue weighted by atomic mass is 35.5. The van der Waals surface area contributed by atoms with E-state index in [-0.39, 0.29) is 5.91 Å². The number of fused-ring (bicyclic) bond motifs is 3. The molecule has 0 spiro atoms. The van der Waals surface area contributed by atoms with Gasteiger partial charge in [-0.3, -0.25) is 4.79 Å². The molecule has 0 saturated heterocycles. The lowest BCUT2D eigenvalue weighted by Crippen LogP contribution is -2.38. The molecule has 0 fully saturated rings. The highest BCUT2D eigenvalue weighted by Crippen LogP contribution is 2.47. The van der Waals surface area contributed by atoms with Gasteiger partial charge in [-0.25, -0.2) is 0 Å². The Labute approximate surface area is 202 Å². The van der Waals surface area contributed by atoms with Gasteiger partial charge in [-0.1, -0.05) is 50.4 Å². The third kappa shape index (κ3) is 3.74. The largest absolute Gasteiger partial charge is 0.457 e. The van der Waals surface area contributed by atoms with Crippen molar-refractivity contribution in [2.45, 2.75) is 52.6 Å². The van der Waals surface area contributed by atoms with E-state index in [9.17, 15) is 4.79 Å². The summed E-state index contributed by atoms with van der Waals surface area (Å²) in [4.78, 5) is 14.4. The predicted octanol–water partition coefficient (Wildman–Crippen LogP) is 7.71. The van der Waals surface area contributed by atoms with Gasteiger partial charge in [-0.2, -0.15) is 0 Å². The van der Waals surface area contributed by atoms with Gasteiger partial charge in [0.1, 0.15) is 16.5 Å². The molecule has 2 aromatic heterocycles. The van der Waals surface area contributed by atoms with E-state index < -0.39 is 6.17 Å². The summed E-state index contributed by atoms with van der Waals surface area (Å²) in [5, 5.41) is 8.51. The number of thiophene rings is 1. The molecule has 3 heterocycles. The molecule has 0 bridgehead atoms. The molecule has 0 radical (unpaired) electrons. The van der Waals surface area contributed by atoms with Crippen molar-refractivity contribution in [2.75, 3.05) is 5.32 Å². The fourth-order valence-electron chi connectivity index (χ4n) is 4.71. The van der Waals surface area contributed by atoms with Crippen LogP contribution >= 0.6 is 34.5 Å². The molecule has 2 atom stereocenters. The van der Waals surface area contributed by atoms with Gasteiger partial charge in [-0.05, 0) is 66.5 Å². The second-order valence-electron chi connectivity index (χ2n) is 9.37. The van der Waals surface area contributed by atoms with Crippen molar-refractivity contribution in [3.05, 3.63) is 62.1 Å². The Kier molecular flexibility index (Phi) is 5.55. The number of hydrogen-bond donors (Lipinski definition) is 2. The normalized spacial score (nSPS) is 20.3. The summed E-state index contributed by atoms with van der Waals surface area (Å²) in [6.07, 6.45) is 3.92. The van der Waals surface area contributed by atoms with Crippen molar-refractivity contribution in [1.82, 2.24) is 5.32 Å². The van der Waals surface area contributed by atoms with Crippen LogP contribution in [0.5, 0.6) is 0 Å². The van der Waals surface area contributed by atoms with Crippen molar-refractivity contribution in [3.63, 3.8) is 0 Å². The van der Waals surface area contributed by atoms with Crippen LogP contribution in [0.25, 0.3) is 11.3 Å². The van der Waals surface area contributed by atoms with E-state index in [4.69, 9.17) is 27.6 Å². The van der Waals surface area contributed by atoms with Crippen molar-refractivity contribution in [3.8, 4) is 11.3 Å². The summed E-state index contributed by atoms with van der Waals surface area (Å²) in [6, 6.07) is 9.16. The first-order chi connectivity index (χ1) is 15.3. The monoisotopic (exact) mass is 488 g/mol. The fraction of sp³-hybridized carbons (Fsp3) is 0.400. The molecule has 7 heteroatoms. The molecule has 4 nitrogen and oxygen atoms in total. The summed E-state index contributed by atoms with van der Waals surface area (Å²) >= 11 is 13.9. The average Bonchev–Trinajstić information content (AvgIpc) is 3.40. The summed E-state index contributed by atoms with van der Waals surface area (Å²) in [6.45, 7) is 6.99. The molecule has 1 aromatic carbocycles. The third-order valence-corrected chi connectivity index (χ3v) is 9.10. The van der Waals surface area contributed by atoms with Gasteiger partial charge in [0.15, 0.2) is 6.17 Å². The average molecular weight is 489 g/mol.